The maximum Gasteiger partial charge on any atom is 0.223 e. The van der Waals surface area contributed by atoms with E-state index >= 15 is 0 Å². The summed E-state index contributed by atoms with van der Waals surface area (Å²) >= 11 is 0. The Bertz CT molecular complexity index is 993. The third-order valence-corrected chi connectivity index (χ3v) is 6.70. The number of piperidine rings is 1. The van der Waals surface area contributed by atoms with E-state index in [1.807, 2.05) is 14.0 Å². The van der Waals surface area contributed by atoms with Gasteiger partial charge in [-0.2, -0.15) is 0 Å². The summed E-state index contributed by atoms with van der Waals surface area (Å²) in [4.78, 5) is 15.4. The van der Waals surface area contributed by atoms with E-state index in [0.29, 0.717) is 17.7 Å². The van der Waals surface area contributed by atoms with Crippen LogP contribution in [-0.4, -0.2) is 61.4 Å². The lowest BCUT2D eigenvalue weighted by atomic mass is 9.78. The molecule has 34 heavy (non-hydrogen) atoms. The molecule has 1 aliphatic rings. The number of phenols is 1. The van der Waals surface area contributed by atoms with Crippen LogP contribution < -0.4 is 14.8 Å². The van der Waals surface area contributed by atoms with Gasteiger partial charge in [-0.3, -0.25) is 4.79 Å². The number of methoxy groups -OCH3 is 2. The number of hydrogen-bond acceptors (Lipinski definition) is 6. The van der Waals surface area contributed by atoms with Crippen LogP contribution in [0.5, 0.6) is 17.2 Å². The van der Waals surface area contributed by atoms with Crippen LogP contribution in [0.4, 0.5) is 4.39 Å². The number of carbonyl (C=O) groups is 1. The van der Waals surface area contributed by atoms with E-state index in [4.69, 9.17) is 9.47 Å². The standard InChI is InChI=1S/C26H35FN2O5/c1-5-23(28-25(31)18-9-11-29(2)12-10-18)26(32,16-17-7-6-8-19(27)13-17)24-21(30)14-20(33-3)15-22(24)34-4/h6-8,13-15,18,23,30,32H,5,9-12,16H2,1-4H3,(H,28,31)/t23-,26+/m0/s1. The summed E-state index contributed by atoms with van der Waals surface area (Å²) in [6.45, 7) is 3.51. The molecule has 1 aliphatic heterocycles. The van der Waals surface area contributed by atoms with Crippen LogP contribution in [0.1, 0.15) is 37.3 Å². The van der Waals surface area contributed by atoms with E-state index in [-0.39, 0.29) is 35.3 Å². The third kappa shape index (κ3) is 5.62. The smallest absolute Gasteiger partial charge is 0.223 e. The second-order valence-corrected chi connectivity index (χ2v) is 9.00. The Morgan fingerprint density at radius 1 is 1.24 bits per heavy atom. The van der Waals surface area contributed by atoms with Gasteiger partial charge in [0.2, 0.25) is 5.91 Å². The van der Waals surface area contributed by atoms with E-state index in [2.05, 4.69) is 10.2 Å². The normalized spacial score (nSPS) is 17.6. The molecule has 1 heterocycles. The van der Waals surface area contributed by atoms with Gasteiger partial charge < -0.3 is 29.9 Å². The van der Waals surface area contributed by atoms with Crippen molar-refractivity contribution in [3.63, 3.8) is 0 Å². The van der Waals surface area contributed by atoms with E-state index < -0.39 is 17.5 Å². The molecule has 0 unspecified atom stereocenters. The largest absolute Gasteiger partial charge is 0.507 e. The highest BCUT2D eigenvalue weighted by atomic mass is 19.1. The Labute approximate surface area is 200 Å². The summed E-state index contributed by atoms with van der Waals surface area (Å²) in [7, 11) is 4.92. The number of nitrogens with zero attached hydrogens (tertiary/aromatic N) is 1. The number of halogens is 1. The molecule has 2 atom stereocenters. The summed E-state index contributed by atoms with van der Waals surface area (Å²) in [5.74, 6) is -0.395. The summed E-state index contributed by atoms with van der Waals surface area (Å²) in [6.07, 6.45) is 1.79. The van der Waals surface area contributed by atoms with Gasteiger partial charge in [0, 0.05) is 24.5 Å². The van der Waals surface area contributed by atoms with Gasteiger partial charge in [-0.25, -0.2) is 4.39 Å². The van der Waals surface area contributed by atoms with Gasteiger partial charge >= 0.3 is 0 Å². The molecule has 0 bridgehead atoms. The van der Waals surface area contributed by atoms with Gasteiger partial charge in [0.25, 0.3) is 0 Å². The maximum absolute atomic E-state index is 14.0. The summed E-state index contributed by atoms with van der Waals surface area (Å²) in [5.41, 5.74) is -1.15. The zero-order chi connectivity index (χ0) is 24.9. The average Bonchev–Trinajstić information content (AvgIpc) is 2.81. The Morgan fingerprint density at radius 3 is 2.53 bits per heavy atom. The van der Waals surface area contributed by atoms with Gasteiger partial charge in [0.05, 0.1) is 25.8 Å². The fourth-order valence-corrected chi connectivity index (χ4v) is 4.75. The number of ether oxygens (including phenoxy) is 2. The minimum Gasteiger partial charge on any atom is -0.507 e. The SMILES string of the molecule is CC[C@H](NC(=O)C1CCN(C)CC1)[C@](O)(Cc1cccc(F)c1)c1c(O)cc(OC)cc1OC. The minimum atomic E-state index is -1.79. The number of aliphatic hydroxyl groups is 1. The van der Waals surface area contributed by atoms with Crippen LogP contribution in [0.15, 0.2) is 36.4 Å². The number of nitrogens with one attached hydrogen (secondary N) is 1. The van der Waals surface area contributed by atoms with Crippen LogP contribution in [0.3, 0.4) is 0 Å². The number of rotatable bonds is 9. The molecule has 0 saturated carbocycles. The number of benzene rings is 2. The molecule has 186 valence electrons. The van der Waals surface area contributed by atoms with Gasteiger partial charge in [0.15, 0.2) is 0 Å². The first-order chi connectivity index (χ1) is 16.2. The molecule has 0 radical (unpaired) electrons. The molecule has 1 saturated heterocycles. The van der Waals surface area contributed by atoms with Crippen LogP contribution in [0.25, 0.3) is 0 Å². The van der Waals surface area contributed by atoms with Gasteiger partial charge in [-0.1, -0.05) is 19.1 Å². The third-order valence-electron chi connectivity index (χ3n) is 6.70. The van der Waals surface area contributed by atoms with Crippen LogP contribution >= 0.6 is 0 Å². The lowest BCUT2D eigenvalue weighted by Gasteiger charge is -2.39. The van der Waals surface area contributed by atoms with Gasteiger partial charge in [0.1, 0.15) is 28.7 Å². The quantitative estimate of drug-likeness (QED) is 0.517. The van der Waals surface area contributed by atoms with E-state index in [1.165, 1.54) is 32.4 Å². The monoisotopic (exact) mass is 474 g/mol. The molecule has 8 heteroatoms. The number of hydrogen-bond donors (Lipinski definition) is 3. The summed E-state index contributed by atoms with van der Waals surface area (Å²) < 4.78 is 24.7. The number of aromatic hydroxyl groups is 1. The molecule has 0 spiro atoms. The second-order valence-electron chi connectivity index (χ2n) is 9.00. The fourth-order valence-electron chi connectivity index (χ4n) is 4.75. The molecular formula is C26H35FN2O5. The molecule has 3 N–H and O–H groups in total. The van der Waals surface area contributed by atoms with Crippen molar-refractivity contribution >= 4 is 5.91 Å². The summed E-state index contributed by atoms with van der Waals surface area (Å²) in [6, 6.07) is 8.12. The Kier molecular flexibility index (Phi) is 8.38. The fraction of sp³-hybridized carbons (Fsp3) is 0.500. The van der Waals surface area contributed by atoms with Crippen molar-refractivity contribution in [2.24, 2.45) is 5.92 Å². The van der Waals surface area contributed by atoms with Crippen molar-refractivity contribution in [3.8, 4) is 17.2 Å². The Hall–Kier alpha value is -2.84. The molecule has 2 aromatic rings. The highest BCUT2D eigenvalue weighted by Gasteiger charge is 2.44. The van der Waals surface area contributed by atoms with Crippen molar-refractivity contribution in [1.29, 1.82) is 0 Å². The number of likely N-dealkylation sites (tertiary alicyclic amines) is 1. The van der Waals surface area contributed by atoms with Crippen molar-refractivity contribution < 1.29 is 28.9 Å². The summed E-state index contributed by atoms with van der Waals surface area (Å²) in [5, 5.41) is 26.2. The zero-order valence-electron chi connectivity index (χ0n) is 20.3. The minimum absolute atomic E-state index is 0.0484. The van der Waals surface area contributed by atoms with E-state index in [1.54, 1.807) is 18.2 Å². The predicted octanol–water partition coefficient (Wildman–Crippen LogP) is 3.22. The molecule has 0 aromatic heterocycles. The topological polar surface area (TPSA) is 91.3 Å². The average molecular weight is 475 g/mol. The number of carbonyl (C=O) groups excluding carboxylic acids is 1. The predicted molar refractivity (Wildman–Crippen MR) is 128 cm³/mol. The lowest BCUT2D eigenvalue weighted by molar-refractivity contribution is -0.130. The molecule has 2 aromatic carbocycles. The Balaban J connectivity index is 2.04. The first-order valence-electron chi connectivity index (χ1n) is 11.6. The van der Waals surface area contributed by atoms with Crippen molar-refractivity contribution in [2.75, 3.05) is 34.4 Å². The highest BCUT2D eigenvalue weighted by Crippen LogP contribution is 2.44. The van der Waals surface area contributed by atoms with Gasteiger partial charge in [-0.15, -0.1) is 0 Å². The second kappa shape index (κ2) is 11.1. The molecular weight excluding hydrogens is 439 g/mol. The molecule has 1 amide bonds. The van der Waals surface area contributed by atoms with Crippen molar-refractivity contribution in [1.82, 2.24) is 10.2 Å². The van der Waals surface area contributed by atoms with Crippen LogP contribution in [0, 0.1) is 11.7 Å². The van der Waals surface area contributed by atoms with Crippen molar-refractivity contribution in [2.45, 2.75) is 44.2 Å². The first-order valence-corrected chi connectivity index (χ1v) is 11.6. The molecule has 3 rings (SSSR count). The van der Waals surface area contributed by atoms with E-state index in [0.717, 1.165) is 25.9 Å². The van der Waals surface area contributed by atoms with Crippen LogP contribution in [0.2, 0.25) is 0 Å². The highest BCUT2D eigenvalue weighted by molar-refractivity contribution is 5.79. The van der Waals surface area contributed by atoms with Gasteiger partial charge in [-0.05, 0) is 57.1 Å². The zero-order valence-corrected chi connectivity index (χ0v) is 20.3. The van der Waals surface area contributed by atoms with E-state index in [9.17, 15) is 19.4 Å². The number of phenolic OH excluding ortho intramolecular Hbond substituents is 1. The molecule has 0 aliphatic carbocycles. The van der Waals surface area contributed by atoms with Crippen LogP contribution in [-0.2, 0) is 16.8 Å². The molecule has 1 fully saturated rings. The first kappa shape index (κ1) is 25.8. The van der Waals surface area contributed by atoms with Crippen molar-refractivity contribution in [3.05, 3.63) is 53.3 Å². The molecule has 7 nitrogen and oxygen atoms in total. The maximum atomic E-state index is 14.0. The lowest BCUT2D eigenvalue weighted by Crippen LogP contribution is -2.54. The Morgan fingerprint density at radius 2 is 1.94 bits per heavy atom. The number of amides is 1.